The van der Waals surface area contributed by atoms with Gasteiger partial charge in [-0.15, -0.1) is 0 Å². The first kappa shape index (κ1) is 30.1. The minimum atomic E-state index is -0.613. The van der Waals surface area contributed by atoms with Crippen molar-refractivity contribution in [2.24, 2.45) is 0 Å². The predicted octanol–water partition coefficient (Wildman–Crippen LogP) is 11.9. The molecule has 0 bridgehead atoms. The van der Waals surface area contributed by atoms with Crippen molar-refractivity contribution >= 4 is 32.6 Å². The van der Waals surface area contributed by atoms with Gasteiger partial charge in [0, 0.05) is 38.4 Å². The molecule has 2 aromatic heterocycles. The molecule has 0 fully saturated rings. The highest BCUT2D eigenvalue weighted by Crippen LogP contribution is 2.62. The number of hydrogen-bond acceptors (Lipinski definition) is 4. The first-order valence-electron chi connectivity index (χ1n) is 18.6. The number of benzene rings is 8. The van der Waals surface area contributed by atoms with E-state index in [4.69, 9.17) is 19.7 Å². The Bertz CT molecular complexity index is 3080. The number of hydrogen-bond donors (Lipinski definition) is 0. The maximum atomic E-state index is 6.96. The van der Waals surface area contributed by atoms with E-state index in [-0.39, 0.29) is 0 Å². The average molecular weight is 703 g/mol. The van der Waals surface area contributed by atoms with Gasteiger partial charge in [-0.1, -0.05) is 164 Å². The summed E-state index contributed by atoms with van der Waals surface area (Å²) in [6.07, 6.45) is 0. The standard InChI is InChI=1S/C50H30N4O/c1-3-16-32(17-4-1)47-51-48(33-18-5-2-6-19-33)53-49(52-47)54-43-30-42-45(29-38(43)37-28-27-31-15-7-8-20-34(31)46(37)54)55-44-26-14-13-25-41(44)50(42)39-23-11-9-21-35(39)36-22-10-12-24-40(36)50/h1-30H. The van der Waals surface area contributed by atoms with Gasteiger partial charge in [0.05, 0.1) is 16.4 Å². The first-order chi connectivity index (χ1) is 27.3. The Kier molecular flexibility index (Phi) is 6.20. The minimum Gasteiger partial charge on any atom is -0.457 e. The fourth-order valence-electron chi connectivity index (χ4n) is 9.23. The lowest BCUT2D eigenvalue weighted by Crippen LogP contribution is -2.32. The average Bonchev–Trinajstić information content (AvgIpc) is 3.74. The van der Waals surface area contributed by atoms with Crippen molar-refractivity contribution in [3.05, 3.63) is 204 Å². The monoisotopic (exact) mass is 702 g/mol. The number of rotatable bonds is 3. The van der Waals surface area contributed by atoms with Crippen LogP contribution >= 0.6 is 0 Å². The molecule has 5 nitrogen and oxygen atoms in total. The molecule has 0 saturated heterocycles. The van der Waals surface area contributed by atoms with Crippen molar-refractivity contribution in [1.29, 1.82) is 0 Å². The molecule has 12 rings (SSSR count). The van der Waals surface area contributed by atoms with Gasteiger partial charge in [-0.3, -0.25) is 4.57 Å². The van der Waals surface area contributed by atoms with Gasteiger partial charge >= 0.3 is 0 Å². The molecule has 1 aliphatic carbocycles. The number of ether oxygens (including phenoxy) is 1. The van der Waals surface area contributed by atoms with Crippen molar-refractivity contribution < 1.29 is 4.74 Å². The van der Waals surface area contributed by atoms with E-state index in [1.165, 1.54) is 22.3 Å². The smallest absolute Gasteiger partial charge is 0.238 e. The zero-order valence-corrected chi connectivity index (χ0v) is 29.5. The van der Waals surface area contributed by atoms with Gasteiger partial charge in [0.15, 0.2) is 11.6 Å². The third kappa shape index (κ3) is 4.15. The van der Waals surface area contributed by atoms with Crippen LogP contribution in [0.2, 0.25) is 0 Å². The molecule has 10 aromatic rings. The van der Waals surface area contributed by atoms with Crippen LogP contribution in [0.4, 0.5) is 0 Å². The summed E-state index contributed by atoms with van der Waals surface area (Å²) in [6, 6.07) is 64.2. The molecule has 0 amide bonds. The van der Waals surface area contributed by atoms with Crippen LogP contribution in [0, 0.1) is 0 Å². The SMILES string of the molecule is c1ccc(-c2nc(-c3ccccc3)nc(-n3c4cc5c(cc4c4ccc6ccccc6c43)Oc3ccccc3C53c4ccccc4-c4ccccc43)n2)cc1. The van der Waals surface area contributed by atoms with E-state index in [1.807, 2.05) is 36.4 Å². The second-order valence-corrected chi connectivity index (χ2v) is 14.3. The Morgan fingerprint density at radius 1 is 0.418 bits per heavy atom. The van der Waals surface area contributed by atoms with Gasteiger partial charge in [-0.05, 0) is 45.8 Å². The molecular formula is C50H30N4O. The second-order valence-electron chi connectivity index (χ2n) is 14.3. The van der Waals surface area contributed by atoms with Crippen LogP contribution in [0.25, 0.3) is 72.4 Å². The lowest BCUT2D eigenvalue weighted by atomic mass is 9.66. The van der Waals surface area contributed by atoms with Crippen molar-refractivity contribution in [3.8, 4) is 51.3 Å². The van der Waals surface area contributed by atoms with E-state index in [0.717, 1.165) is 66.3 Å². The van der Waals surface area contributed by atoms with E-state index >= 15 is 0 Å². The maximum absolute atomic E-state index is 6.96. The Balaban J connectivity index is 1.25. The number of aromatic nitrogens is 4. The number of para-hydroxylation sites is 1. The third-order valence-corrected chi connectivity index (χ3v) is 11.5. The minimum absolute atomic E-state index is 0.558. The Hall–Kier alpha value is -7.37. The molecule has 256 valence electrons. The molecule has 1 spiro atoms. The van der Waals surface area contributed by atoms with Crippen molar-refractivity contribution in [2.75, 3.05) is 0 Å². The zero-order valence-electron chi connectivity index (χ0n) is 29.5. The Labute approximate surface area is 316 Å². The fraction of sp³-hybridized carbons (Fsp3) is 0.0200. The summed E-state index contributed by atoms with van der Waals surface area (Å²) in [4.78, 5) is 15.6. The molecule has 3 heterocycles. The first-order valence-corrected chi connectivity index (χ1v) is 18.6. The van der Waals surface area contributed by atoms with Gasteiger partial charge in [-0.2, -0.15) is 9.97 Å². The highest BCUT2D eigenvalue weighted by molar-refractivity contribution is 6.19. The van der Waals surface area contributed by atoms with Gasteiger partial charge < -0.3 is 4.74 Å². The van der Waals surface area contributed by atoms with E-state index < -0.39 is 5.41 Å². The summed E-state index contributed by atoms with van der Waals surface area (Å²) in [7, 11) is 0. The van der Waals surface area contributed by atoms with Crippen LogP contribution in [0.1, 0.15) is 22.3 Å². The van der Waals surface area contributed by atoms with Gasteiger partial charge in [0.2, 0.25) is 5.95 Å². The van der Waals surface area contributed by atoms with Crippen molar-refractivity contribution in [1.82, 2.24) is 19.5 Å². The lowest BCUT2D eigenvalue weighted by Gasteiger charge is -2.39. The molecular weight excluding hydrogens is 673 g/mol. The second kappa shape index (κ2) is 11.3. The molecule has 5 heteroatoms. The summed E-state index contributed by atoms with van der Waals surface area (Å²) in [5.41, 5.74) is 10.5. The summed E-state index contributed by atoms with van der Waals surface area (Å²) >= 11 is 0. The summed E-state index contributed by atoms with van der Waals surface area (Å²) in [5, 5.41) is 4.43. The fourth-order valence-corrected chi connectivity index (χ4v) is 9.23. The van der Waals surface area contributed by atoms with Gasteiger partial charge in [0.25, 0.3) is 0 Å². The summed E-state index contributed by atoms with van der Waals surface area (Å²) in [5.74, 6) is 3.50. The quantitative estimate of drug-likeness (QED) is 0.184. The normalized spacial score (nSPS) is 13.4. The number of nitrogens with zero attached hydrogens (tertiary/aromatic N) is 4. The van der Waals surface area contributed by atoms with Crippen LogP contribution in [0.15, 0.2) is 182 Å². The molecule has 0 radical (unpaired) electrons. The molecule has 0 saturated carbocycles. The highest BCUT2D eigenvalue weighted by Gasteiger charge is 2.51. The predicted molar refractivity (Wildman–Crippen MR) is 220 cm³/mol. The Morgan fingerprint density at radius 3 is 1.69 bits per heavy atom. The van der Waals surface area contributed by atoms with Crippen molar-refractivity contribution in [2.45, 2.75) is 5.41 Å². The molecule has 0 N–H and O–H groups in total. The largest absolute Gasteiger partial charge is 0.457 e. The van der Waals surface area contributed by atoms with Gasteiger partial charge in [0.1, 0.15) is 11.5 Å². The van der Waals surface area contributed by atoms with Crippen LogP contribution in [0.5, 0.6) is 11.5 Å². The Morgan fingerprint density at radius 2 is 1.00 bits per heavy atom. The molecule has 1 aliphatic heterocycles. The van der Waals surface area contributed by atoms with E-state index in [1.54, 1.807) is 0 Å². The zero-order chi connectivity index (χ0) is 36.1. The van der Waals surface area contributed by atoms with Crippen molar-refractivity contribution in [3.63, 3.8) is 0 Å². The third-order valence-electron chi connectivity index (χ3n) is 11.5. The highest BCUT2D eigenvalue weighted by atomic mass is 16.5. The lowest BCUT2D eigenvalue weighted by molar-refractivity contribution is 0.437. The van der Waals surface area contributed by atoms with E-state index in [0.29, 0.717) is 17.6 Å². The molecule has 2 aliphatic rings. The van der Waals surface area contributed by atoms with E-state index in [2.05, 4.69) is 150 Å². The molecule has 0 atom stereocenters. The van der Waals surface area contributed by atoms with Crippen LogP contribution in [-0.2, 0) is 5.41 Å². The van der Waals surface area contributed by atoms with Crippen LogP contribution in [0.3, 0.4) is 0 Å². The number of fused-ring (bicyclic) bond motifs is 14. The summed E-state index contributed by atoms with van der Waals surface area (Å²) in [6.45, 7) is 0. The maximum Gasteiger partial charge on any atom is 0.238 e. The molecule has 8 aromatic carbocycles. The van der Waals surface area contributed by atoms with Crippen LogP contribution < -0.4 is 4.74 Å². The summed E-state index contributed by atoms with van der Waals surface area (Å²) < 4.78 is 9.22. The van der Waals surface area contributed by atoms with Crippen LogP contribution in [-0.4, -0.2) is 19.5 Å². The molecule has 55 heavy (non-hydrogen) atoms. The molecule has 0 unspecified atom stereocenters. The topological polar surface area (TPSA) is 52.8 Å². The van der Waals surface area contributed by atoms with E-state index in [9.17, 15) is 0 Å². The van der Waals surface area contributed by atoms with Gasteiger partial charge in [-0.25, -0.2) is 4.98 Å².